The van der Waals surface area contributed by atoms with E-state index < -0.39 is 21.5 Å². The Balaban J connectivity index is 2.05. The van der Waals surface area contributed by atoms with Gasteiger partial charge in [0.2, 0.25) is 5.91 Å². The van der Waals surface area contributed by atoms with E-state index in [-0.39, 0.29) is 11.7 Å². The van der Waals surface area contributed by atoms with E-state index in [0.29, 0.717) is 16.4 Å². The third kappa shape index (κ3) is 5.07. The van der Waals surface area contributed by atoms with E-state index in [2.05, 4.69) is 10.4 Å². The van der Waals surface area contributed by atoms with Crippen LogP contribution in [0.1, 0.15) is 13.8 Å². The van der Waals surface area contributed by atoms with E-state index in [1.165, 1.54) is 10.9 Å². The molecular weight excluding hydrogens is 338 g/mol. The molecular formula is C15H18ClN3O3S. The molecule has 6 nitrogen and oxygen atoms in total. The summed E-state index contributed by atoms with van der Waals surface area (Å²) in [4.78, 5) is 11.9. The van der Waals surface area contributed by atoms with Crippen LogP contribution in [0.2, 0.25) is 5.02 Å². The van der Waals surface area contributed by atoms with Crippen molar-refractivity contribution in [2.45, 2.75) is 13.8 Å². The Bertz CT molecular complexity index is 800. The number of carbonyl (C=O) groups excluding carboxylic acids is 1. The minimum atomic E-state index is -3.41. The summed E-state index contributed by atoms with van der Waals surface area (Å²) in [5, 5.41) is 7.17. The highest BCUT2D eigenvalue weighted by atomic mass is 35.5. The summed E-state index contributed by atoms with van der Waals surface area (Å²) in [7, 11) is -3.41. The van der Waals surface area contributed by atoms with Gasteiger partial charge in [-0.05, 0) is 18.1 Å². The predicted molar refractivity (Wildman–Crippen MR) is 90.7 cm³/mol. The van der Waals surface area contributed by atoms with Crippen molar-refractivity contribution in [2.75, 3.05) is 16.8 Å². The van der Waals surface area contributed by atoms with Crippen molar-refractivity contribution in [3.05, 3.63) is 41.7 Å². The number of benzene rings is 1. The maximum atomic E-state index is 11.9. The largest absolute Gasteiger partial charge is 0.323 e. The molecule has 0 atom stereocenters. The summed E-state index contributed by atoms with van der Waals surface area (Å²) < 4.78 is 25.1. The number of carbonyl (C=O) groups is 1. The van der Waals surface area contributed by atoms with Crippen molar-refractivity contribution in [3.63, 3.8) is 0 Å². The van der Waals surface area contributed by atoms with Crippen LogP contribution in [0, 0.1) is 5.92 Å². The topological polar surface area (TPSA) is 81.1 Å². The smallest absolute Gasteiger partial charge is 0.239 e. The number of aromatic nitrogens is 2. The van der Waals surface area contributed by atoms with Crippen LogP contribution in [0.3, 0.4) is 0 Å². The summed E-state index contributed by atoms with van der Waals surface area (Å²) in [5.74, 6) is -1.15. The van der Waals surface area contributed by atoms with Gasteiger partial charge in [-0.2, -0.15) is 5.10 Å². The van der Waals surface area contributed by atoms with Crippen molar-refractivity contribution in [3.8, 4) is 5.69 Å². The average Bonchev–Trinajstić information content (AvgIpc) is 2.84. The molecule has 0 aliphatic carbocycles. The Hall–Kier alpha value is -1.86. The van der Waals surface area contributed by atoms with Gasteiger partial charge in [0.1, 0.15) is 5.75 Å². The maximum absolute atomic E-state index is 11.9. The zero-order valence-corrected chi connectivity index (χ0v) is 14.4. The van der Waals surface area contributed by atoms with Crippen molar-refractivity contribution in [2.24, 2.45) is 5.92 Å². The fourth-order valence-electron chi connectivity index (χ4n) is 2.12. The van der Waals surface area contributed by atoms with Gasteiger partial charge in [0, 0.05) is 0 Å². The molecule has 0 bridgehead atoms. The number of nitrogens with zero attached hydrogens (tertiary/aromatic N) is 2. The predicted octanol–water partition coefficient (Wildman–Crippen LogP) is 2.54. The Labute approximate surface area is 140 Å². The first kappa shape index (κ1) is 17.5. The van der Waals surface area contributed by atoms with Gasteiger partial charge >= 0.3 is 0 Å². The third-order valence-electron chi connectivity index (χ3n) is 2.90. The number of rotatable bonds is 6. The normalized spacial score (nSPS) is 11.7. The van der Waals surface area contributed by atoms with E-state index in [4.69, 9.17) is 11.6 Å². The van der Waals surface area contributed by atoms with Crippen LogP contribution in [-0.4, -0.2) is 35.6 Å². The average molecular weight is 356 g/mol. The number of para-hydroxylation sites is 1. The Morgan fingerprint density at radius 1 is 1.35 bits per heavy atom. The summed E-state index contributed by atoms with van der Waals surface area (Å²) in [6.45, 7) is 3.59. The summed E-state index contributed by atoms with van der Waals surface area (Å²) in [5.41, 5.74) is 1.08. The minimum Gasteiger partial charge on any atom is -0.323 e. The fourth-order valence-corrected chi connectivity index (χ4v) is 3.95. The van der Waals surface area contributed by atoms with Crippen LogP contribution in [0.25, 0.3) is 5.69 Å². The number of hydrogen-bond donors (Lipinski definition) is 1. The van der Waals surface area contributed by atoms with E-state index in [1.807, 2.05) is 6.07 Å². The summed E-state index contributed by atoms with van der Waals surface area (Å²) in [6, 6.07) is 7.14. The van der Waals surface area contributed by atoms with Crippen molar-refractivity contribution in [1.29, 1.82) is 0 Å². The Morgan fingerprint density at radius 3 is 2.70 bits per heavy atom. The quantitative estimate of drug-likeness (QED) is 0.863. The molecule has 23 heavy (non-hydrogen) atoms. The zero-order valence-electron chi connectivity index (χ0n) is 12.9. The molecule has 1 aromatic carbocycles. The van der Waals surface area contributed by atoms with Gasteiger partial charge in [-0.15, -0.1) is 0 Å². The van der Waals surface area contributed by atoms with Gasteiger partial charge in [0.15, 0.2) is 9.84 Å². The second-order valence-corrected chi connectivity index (χ2v) is 8.14. The first-order valence-corrected chi connectivity index (χ1v) is 9.26. The molecule has 1 amide bonds. The molecule has 1 heterocycles. The van der Waals surface area contributed by atoms with E-state index in [0.717, 1.165) is 0 Å². The molecule has 1 aromatic heterocycles. The number of halogens is 1. The van der Waals surface area contributed by atoms with Gasteiger partial charge in [0.25, 0.3) is 0 Å². The highest BCUT2D eigenvalue weighted by molar-refractivity contribution is 7.92. The lowest BCUT2D eigenvalue weighted by Crippen LogP contribution is -2.26. The molecule has 0 aliphatic rings. The van der Waals surface area contributed by atoms with Crippen LogP contribution in [0.4, 0.5) is 5.69 Å². The standard InChI is InChI=1S/C15H18ClN3O3S/c1-11(2)9-23(21,22)10-15(20)18-12-7-17-19(8-12)14-6-4-3-5-13(14)16/h3-8,11H,9-10H2,1-2H3,(H,18,20). The second kappa shape index (κ2) is 7.14. The zero-order chi connectivity index (χ0) is 17.0. The van der Waals surface area contributed by atoms with Crippen LogP contribution in [-0.2, 0) is 14.6 Å². The van der Waals surface area contributed by atoms with Gasteiger partial charge in [-0.25, -0.2) is 13.1 Å². The van der Waals surface area contributed by atoms with Crippen LogP contribution < -0.4 is 5.32 Å². The Kier molecular flexibility index (Phi) is 5.43. The minimum absolute atomic E-state index is 0.0146. The molecule has 124 valence electrons. The molecule has 2 rings (SSSR count). The van der Waals surface area contributed by atoms with E-state index in [1.54, 1.807) is 38.2 Å². The van der Waals surface area contributed by atoms with E-state index in [9.17, 15) is 13.2 Å². The fraction of sp³-hybridized carbons (Fsp3) is 0.333. The van der Waals surface area contributed by atoms with Gasteiger partial charge in [-0.3, -0.25) is 4.79 Å². The summed E-state index contributed by atoms with van der Waals surface area (Å²) >= 11 is 6.08. The maximum Gasteiger partial charge on any atom is 0.239 e. The molecule has 0 fully saturated rings. The molecule has 0 radical (unpaired) electrons. The molecule has 0 unspecified atom stereocenters. The highest BCUT2D eigenvalue weighted by Gasteiger charge is 2.18. The Morgan fingerprint density at radius 2 is 2.04 bits per heavy atom. The number of nitrogens with one attached hydrogen (secondary N) is 1. The molecule has 0 saturated heterocycles. The number of sulfone groups is 1. The second-order valence-electron chi connectivity index (χ2n) is 5.62. The van der Waals surface area contributed by atoms with Crippen LogP contribution in [0.5, 0.6) is 0 Å². The molecule has 2 aromatic rings. The van der Waals surface area contributed by atoms with Gasteiger partial charge in [0.05, 0.1) is 34.5 Å². The van der Waals surface area contributed by atoms with Gasteiger partial charge < -0.3 is 5.32 Å². The van der Waals surface area contributed by atoms with Crippen molar-refractivity contribution < 1.29 is 13.2 Å². The lowest BCUT2D eigenvalue weighted by molar-refractivity contribution is -0.113. The van der Waals surface area contributed by atoms with Crippen molar-refractivity contribution >= 4 is 33.0 Å². The monoisotopic (exact) mass is 355 g/mol. The number of anilines is 1. The SMILES string of the molecule is CC(C)CS(=O)(=O)CC(=O)Nc1cnn(-c2ccccc2Cl)c1. The third-order valence-corrected chi connectivity index (χ3v) is 5.10. The molecule has 0 spiro atoms. The molecule has 0 saturated carbocycles. The lowest BCUT2D eigenvalue weighted by Gasteiger charge is -2.07. The lowest BCUT2D eigenvalue weighted by atomic mass is 10.3. The highest BCUT2D eigenvalue weighted by Crippen LogP contribution is 2.20. The molecule has 0 aliphatic heterocycles. The first-order chi connectivity index (χ1) is 10.8. The molecule has 8 heteroatoms. The molecule has 1 N–H and O–H groups in total. The number of amides is 1. The van der Waals surface area contributed by atoms with Crippen LogP contribution in [0.15, 0.2) is 36.7 Å². The first-order valence-electron chi connectivity index (χ1n) is 7.06. The van der Waals surface area contributed by atoms with Crippen LogP contribution >= 0.6 is 11.6 Å². The summed E-state index contributed by atoms with van der Waals surface area (Å²) in [6.07, 6.45) is 3.02. The van der Waals surface area contributed by atoms with E-state index >= 15 is 0 Å². The van der Waals surface area contributed by atoms with Gasteiger partial charge in [-0.1, -0.05) is 37.6 Å². The van der Waals surface area contributed by atoms with Crippen molar-refractivity contribution in [1.82, 2.24) is 9.78 Å². The number of hydrogen-bond acceptors (Lipinski definition) is 4.